The molecule has 6 nitrogen and oxygen atoms in total. The maximum absolute atomic E-state index is 11.9. The van der Waals surface area contributed by atoms with Gasteiger partial charge in [0, 0.05) is 30.9 Å². The summed E-state index contributed by atoms with van der Waals surface area (Å²) in [5.74, 6) is 1.02. The number of aromatic nitrogens is 3. The molecule has 0 aromatic carbocycles. The van der Waals surface area contributed by atoms with Gasteiger partial charge in [-0.1, -0.05) is 20.8 Å². The van der Waals surface area contributed by atoms with Crippen molar-refractivity contribution in [1.82, 2.24) is 19.9 Å². The van der Waals surface area contributed by atoms with Gasteiger partial charge < -0.3 is 10.2 Å². The number of carbonyl (C=O) groups excluding carboxylic acids is 1. The smallest absolute Gasteiger partial charge is 0.225 e. The number of amides is 1. The van der Waals surface area contributed by atoms with Gasteiger partial charge in [-0.3, -0.25) is 4.79 Å². The molecule has 0 aliphatic carbocycles. The Morgan fingerprint density at radius 3 is 2.80 bits per heavy atom. The van der Waals surface area contributed by atoms with Crippen LogP contribution in [-0.4, -0.2) is 39.6 Å². The van der Waals surface area contributed by atoms with Gasteiger partial charge in [-0.2, -0.15) is 5.10 Å². The van der Waals surface area contributed by atoms with Crippen LogP contribution in [0.3, 0.4) is 0 Å². The molecule has 2 aromatic rings. The summed E-state index contributed by atoms with van der Waals surface area (Å²) in [6.07, 6.45) is 5.34. The van der Waals surface area contributed by atoms with Crippen molar-refractivity contribution in [1.29, 1.82) is 0 Å². The van der Waals surface area contributed by atoms with Crippen LogP contribution in [0.25, 0.3) is 5.52 Å². The van der Waals surface area contributed by atoms with E-state index in [9.17, 15) is 4.79 Å². The van der Waals surface area contributed by atoms with Crippen LogP contribution in [0.5, 0.6) is 0 Å². The SMILES string of the molecule is CC(C)(C)C(=O)NC1CN(c2nccn3nccc23)C1. The fourth-order valence-corrected chi connectivity index (χ4v) is 2.23. The van der Waals surface area contributed by atoms with Gasteiger partial charge in [0.05, 0.1) is 12.2 Å². The molecule has 1 amide bonds. The van der Waals surface area contributed by atoms with E-state index in [4.69, 9.17) is 0 Å². The van der Waals surface area contributed by atoms with Crippen molar-refractivity contribution in [3.63, 3.8) is 0 Å². The topological polar surface area (TPSA) is 62.5 Å². The van der Waals surface area contributed by atoms with Gasteiger partial charge in [0.15, 0.2) is 5.82 Å². The lowest BCUT2D eigenvalue weighted by Crippen LogP contribution is -2.61. The van der Waals surface area contributed by atoms with Gasteiger partial charge in [-0.15, -0.1) is 0 Å². The van der Waals surface area contributed by atoms with Crippen LogP contribution in [0, 0.1) is 5.41 Å². The molecule has 20 heavy (non-hydrogen) atoms. The number of fused-ring (bicyclic) bond motifs is 1. The number of nitrogens with one attached hydrogen (secondary N) is 1. The Bertz CT molecular complexity index is 636. The van der Waals surface area contributed by atoms with Crippen LogP contribution < -0.4 is 10.2 Å². The molecule has 3 heterocycles. The molecule has 0 unspecified atom stereocenters. The average molecular weight is 273 g/mol. The summed E-state index contributed by atoms with van der Waals surface area (Å²) in [5, 5.41) is 7.27. The van der Waals surface area contributed by atoms with E-state index in [1.54, 1.807) is 12.4 Å². The van der Waals surface area contributed by atoms with E-state index in [0.717, 1.165) is 24.4 Å². The molecule has 6 heteroatoms. The van der Waals surface area contributed by atoms with Crippen molar-refractivity contribution in [3.8, 4) is 0 Å². The maximum atomic E-state index is 11.9. The summed E-state index contributed by atoms with van der Waals surface area (Å²) in [6.45, 7) is 7.35. The lowest BCUT2D eigenvalue weighted by molar-refractivity contribution is -0.129. The fraction of sp³-hybridized carbons (Fsp3) is 0.500. The van der Waals surface area contributed by atoms with Crippen LogP contribution in [0.4, 0.5) is 5.82 Å². The van der Waals surface area contributed by atoms with Crippen molar-refractivity contribution >= 4 is 17.2 Å². The molecule has 1 aliphatic rings. The number of anilines is 1. The normalized spacial score (nSPS) is 16.2. The largest absolute Gasteiger partial charge is 0.351 e. The van der Waals surface area contributed by atoms with Gasteiger partial charge in [-0.05, 0) is 6.07 Å². The van der Waals surface area contributed by atoms with Crippen molar-refractivity contribution in [2.24, 2.45) is 5.41 Å². The van der Waals surface area contributed by atoms with Gasteiger partial charge in [0.25, 0.3) is 0 Å². The lowest BCUT2D eigenvalue weighted by Gasteiger charge is -2.41. The summed E-state index contributed by atoms with van der Waals surface area (Å²) in [6, 6.07) is 2.15. The molecule has 0 saturated carbocycles. The van der Waals surface area contributed by atoms with E-state index in [0.29, 0.717) is 0 Å². The predicted octanol–water partition coefficient (Wildman–Crippen LogP) is 1.08. The highest BCUT2D eigenvalue weighted by Crippen LogP contribution is 2.24. The molecule has 106 valence electrons. The maximum Gasteiger partial charge on any atom is 0.225 e. The average Bonchev–Trinajstić information content (AvgIpc) is 2.79. The first-order chi connectivity index (χ1) is 9.45. The molecule has 3 rings (SSSR count). The molecule has 0 bridgehead atoms. The molecule has 0 spiro atoms. The third-order valence-corrected chi connectivity index (χ3v) is 3.50. The number of rotatable bonds is 2. The Balaban J connectivity index is 1.66. The lowest BCUT2D eigenvalue weighted by atomic mass is 9.94. The van der Waals surface area contributed by atoms with Crippen molar-refractivity contribution in [2.75, 3.05) is 18.0 Å². The van der Waals surface area contributed by atoms with Gasteiger partial charge in [0.1, 0.15) is 5.52 Å². The first-order valence-corrected chi connectivity index (χ1v) is 6.79. The standard InChI is InChI=1S/C14H19N5O/c1-14(2,3)13(20)17-10-8-18(9-10)12-11-4-5-16-19(11)7-6-15-12/h4-7,10H,8-9H2,1-3H3,(H,17,20). The fourth-order valence-electron chi connectivity index (χ4n) is 2.23. The minimum absolute atomic E-state index is 0.0951. The summed E-state index contributed by atoms with van der Waals surface area (Å²) >= 11 is 0. The monoisotopic (exact) mass is 273 g/mol. The number of nitrogens with zero attached hydrogens (tertiary/aromatic N) is 4. The number of hydrogen-bond donors (Lipinski definition) is 1. The van der Waals surface area contributed by atoms with Crippen LogP contribution >= 0.6 is 0 Å². The Kier molecular flexibility index (Phi) is 2.88. The summed E-state index contributed by atoms with van der Waals surface area (Å²) in [7, 11) is 0. The molecule has 1 N–H and O–H groups in total. The molecule has 1 fully saturated rings. The highest BCUT2D eigenvalue weighted by Gasteiger charge is 2.32. The van der Waals surface area contributed by atoms with Crippen molar-refractivity contribution in [3.05, 3.63) is 24.7 Å². The number of hydrogen-bond acceptors (Lipinski definition) is 4. The summed E-state index contributed by atoms with van der Waals surface area (Å²) in [4.78, 5) is 18.5. The quantitative estimate of drug-likeness (QED) is 0.889. The first kappa shape index (κ1) is 12.9. The van der Waals surface area contributed by atoms with E-state index in [1.807, 2.05) is 37.5 Å². The van der Waals surface area contributed by atoms with Gasteiger partial charge in [-0.25, -0.2) is 9.50 Å². The van der Waals surface area contributed by atoms with Crippen molar-refractivity contribution in [2.45, 2.75) is 26.8 Å². The molecule has 1 saturated heterocycles. The molecular formula is C14H19N5O. The first-order valence-electron chi connectivity index (χ1n) is 6.79. The zero-order valence-corrected chi connectivity index (χ0v) is 12.0. The minimum atomic E-state index is -0.343. The molecule has 1 aliphatic heterocycles. The van der Waals surface area contributed by atoms with E-state index in [-0.39, 0.29) is 17.4 Å². The van der Waals surface area contributed by atoms with Crippen LogP contribution in [0.2, 0.25) is 0 Å². The van der Waals surface area contributed by atoms with Gasteiger partial charge in [0.2, 0.25) is 5.91 Å². The van der Waals surface area contributed by atoms with E-state index >= 15 is 0 Å². The molecule has 0 atom stereocenters. The Morgan fingerprint density at radius 1 is 1.35 bits per heavy atom. The molecule has 0 radical (unpaired) electrons. The third kappa shape index (κ3) is 2.21. The predicted molar refractivity (Wildman–Crippen MR) is 76.6 cm³/mol. The highest BCUT2D eigenvalue weighted by atomic mass is 16.2. The molecular weight excluding hydrogens is 254 g/mol. The highest BCUT2D eigenvalue weighted by molar-refractivity contribution is 5.82. The van der Waals surface area contributed by atoms with Crippen LogP contribution in [0.1, 0.15) is 20.8 Å². The second-order valence-corrected chi connectivity index (χ2v) is 6.24. The number of carbonyl (C=O) groups is 1. The second kappa shape index (κ2) is 4.47. The molecule has 2 aromatic heterocycles. The minimum Gasteiger partial charge on any atom is -0.351 e. The zero-order chi connectivity index (χ0) is 14.3. The van der Waals surface area contributed by atoms with Gasteiger partial charge >= 0.3 is 0 Å². The van der Waals surface area contributed by atoms with E-state index in [2.05, 4.69) is 20.3 Å². The van der Waals surface area contributed by atoms with Crippen LogP contribution in [-0.2, 0) is 4.79 Å². The van der Waals surface area contributed by atoms with E-state index in [1.165, 1.54) is 0 Å². The van der Waals surface area contributed by atoms with E-state index < -0.39 is 0 Å². The Labute approximate surface area is 117 Å². The third-order valence-electron chi connectivity index (χ3n) is 3.50. The van der Waals surface area contributed by atoms with Crippen molar-refractivity contribution < 1.29 is 4.79 Å². The Hall–Kier alpha value is -2.11. The van der Waals surface area contributed by atoms with Crippen LogP contribution in [0.15, 0.2) is 24.7 Å². The summed E-state index contributed by atoms with van der Waals surface area (Å²) < 4.78 is 1.81. The summed E-state index contributed by atoms with van der Waals surface area (Å²) in [5.41, 5.74) is 0.650. The Morgan fingerprint density at radius 2 is 2.10 bits per heavy atom. The zero-order valence-electron chi connectivity index (χ0n) is 12.0. The second-order valence-electron chi connectivity index (χ2n) is 6.24.